The first kappa shape index (κ1) is 369. The molecular formula is H12ClDyO6+2. The van der Waals surface area contributed by atoms with Crippen molar-refractivity contribution in [3.63, 3.8) is 0 Å². The van der Waals surface area contributed by atoms with E-state index in [1.54, 1.807) is 0 Å². The Hall–Kier alpha value is 1.32. The third-order valence-corrected chi connectivity index (χ3v) is 0. The van der Waals surface area contributed by atoms with Crippen LogP contribution >= 0.6 is 0 Å². The van der Waals surface area contributed by atoms with Crippen LogP contribution in [0.15, 0.2) is 0 Å². The Morgan fingerprint density at radius 3 is 0.375 bits per heavy atom. The SMILES string of the molecule is O.O.O.O.O.O.[Cl-].[Dy+3]. The minimum absolute atomic E-state index is 0. The van der Waals surface area contributed by atoms with Gasteiger partial charge in [-0.3, -0.25) is 0 Å². The molecule has 0 unspecified atom stereocenters. The van der Waals surface area contributed by atoms with Gasteiger partial charge in [-0.05, 0) is 0 Å². The zero-order valence-corrected chi connectivity index (χ0v) is 6.48. The van der Waals surface area contributed by atoms with Gasteiger partial charge in [-0.2, -0.15) is 0 Å². The fourth-order valence-corrected chi connectivity index (χ4v) is 0. The van der Waals surface area contributed by atoms with E-state index in [1.165, 1.54) is 0 Å². The summed E-state index contributed by atoms with van der Waals surface area (Å²) in [6.07, 6.45) is 0. The summed E-state index contributed by atoms with van der Waals surface area (Å²) in [4.78, 5) is 0. The Kier molecular flexibility index (Phi) is 11800. The van der Waals surface area contributed by atoms with Gasteiger partial charge in [0.1, 0.15) is 0 Å². The summed E-state index contributed by atoms with van der Waals surface area (Å²) >= 11 is 0. The maximum absolute atomic E-state index is 0. The molecule has 0 aromatic heterocycles. The van der Waals surface area contributed by atoms with Crippen LogP contribution in [0.2, 0.25) is 0 Å². The van der Waals surface area contributed by atoms with E-state index >= 15 is 0 Å². The molecule has 1 radical (unpaired) electrons. The van der Waals surface area contributed by atoms with E-state index in [9.17, 15) is 0 Å². The number of rotatable bonds is 0. The topological polar surface area (TPSA) is 189 Å². The molecule has 0 saturated heterocycles. The molecule has 0 atom stereocenters. The molecule has 6 nitrogen and oxygen atoms in total. The van der Waals surface area contributed by atoms with Crippen LogP contribution in [-0.2, 0) is 0 Å². The first-order valence-electron chi connectivity index (χ1n) is 0. The summed E-state index contributed by atoms with van der Waals surface area (Å²) in [7, 11) is 0. The second-order valence-electron chi connectivity index (χ2n) is 0. The second-order valence-corrected chi connectivity index (χ2v) is 0. The quantitative estimate of drug-likeness (QED) is 0.411. The van der Waals surface area contributed by atoms with E-state index in [1.807, 2.05) is 0 Å². The van der Waals surface area contributed by atoms with Gasteiger partial charge in [-0.15, -0.1) is 0 Å². The summed E-state index contributed by atoms with van der Waals surface area (Å²) in [6.45, 7) is 0. The van der Waals surface area contributed by atoms with Crippen molar-refractivity contribution in [1.29, 1.82) is 0 Å². The van der Waals surface area contributed by atoms with E-state index in [4.69, 9.17) is 0 Å². The van der Waals surface area contributed by atoms with Gasteiger partial charge in [-0.1, -0.05) is 0 Å². The molecule has 8 heteroatoms. The van der Waals surface area contributed by atoms with Crippen molar-refractivity contribution in [2.24, 2.45) is 0 Å². The predicted molar refractivity (Wildman–Crippen MR) is 21.7 cm³/mol. The Bertz CT molecular complexity index is 8.49. The molecule has 8 heavy (non-hydrogen) atoms. The zero-order valence-electron chi connectivity index (χ0n) is 3.69. The summed E-state index contributed by atoms with van der Waals surface area (Å²) in [5.74, 6) is 0. The number of halogens is 1. The van der Waals surface area contributed by atoms with E-state index in [0.717, 1.165) is 0 Å². The molecule has 0 rings (SSSR count). The van der Waals surface area contributed by atoms with Crippen molar-refractivity contribution in [3.05, 3.63) is 0 Å². The normalized spacial score (nSPS) is 0. The third-order valence-electron chi connectivity index (χ3n) is 0. The molecule has 0 aromatic carbocycles. The standard InChI is InChI=1S/ClH.Dy.6H2O/h1H;;6*1H2/q;+3;;;;;;/p-1. The first-order chi connectivity index (χ1) is 0. The van der Waals surface area contributed by atoms with Crippen molar-refractivity contribution in [2.75, 3.05) is 0 Å². The van der Waals surface area contributed by atoms with Gasteiger partial charge in [0.2, 0.25) is 0 Å². The molecule has 0 heterocycles. The van der Waals surface area contributed by atoms with Crippen LogP contribution in [0.4, 0.5) is 0 Å². The molecular weight excluding hydrogens is 294 g/mol. The molecule has 0 saturated carbocycles. The van der Waals surface area contributed by atoms with Gasteiger partial charge in [-0.25, -0.2) is 0 Å². The summed E-state index contributed by atoms with van der Waals surface area (Å²) in [6, 6.07) is 0. The molecule has 0 aromatic rings. The van der Waals surface area contributed by atoms with Crippen LogP contribution in [-0.4, -0.2) is 32.9 Å². The van der Waals surface area contributed by atoms with E-state index in [2.05, 4.69) is 0 Å². The molecule has 0 aliphatic rings. The van der Waals surface area contributed by atoms with Crippen LogP contribution in [0.25, 0.3) is 0 Å². The second kappa shape index (κ2) is 255. The monoisotopic (exact) mass is 307 g/mol. The molecule has 0 aliphatic heterocycles. The molecule has 0 aliphatic carbocycles. The van der Waals surface area contributed by atoms with Gasteiger partial charge >= 0.3 is 38.2 Å². The molecule has 0 bridgehead atoms. The Morgan fingerprint density at radius 1 is 0.375 bits per heavy atom. The van der Waals surface area contributed by atoms with Crippen LogP contribution in [0, 0.1) is 38.2 Å². The summed E-state index contributed by atoms with van der Waals surface area (Å²) in [5.41, 5.74) is 0. The maximum atomic E-state index is 0. The van der Waals surface area contributed by atoms with Crippen LogP contribution < -0.4 is 12.4 Å². The minimum Gasteiger partial charge on any atom is -1.00 e. The third kappa shape index (κ3) is 167. The van der Waals surface area contributed by atoms with Crippen LogP contribution in [0.5, 0.6) is 0 Å². The molecule has 0 amide bonds. The summed E-state index contributed by atoms with van der Waals surface area (Å²) in [5, 5.41) is 0. The Labute approximate surface area is 82.9 Å². The van der Waals surface area contributed by atoms with Crippen molar-refractivity contribution < 1.29 is 83.4 Å². The van der Waals surface area contributed by atoms with E-state index < -0.39 is 0 Å². The van der Waals surface area contributed by atoms with Crippen molar-refractivity contribution in [1.82, 2.24) is 0 Å². The van der Waals surface area contributed by atoms with Gasteiger partial charge in [0, 0.05) is 0 Å². The van der Waals surface area contributed by atoms with Crippen molar-refractivity contribution in [3.8, 4) is 0 Å². The fourth-order valence-electron chi connectivity index (χ4n) is 0. The number of hydrogen-bond acceptors (Lipinski definition) is 0. The molecule has 12 N–H and O–H groups in total. The predicted octanol–water partition coefficient (Wildman–Crippen LogP) is -7.94. The van der Waals surface area contributed by atoms with Crippen LogP contribution in [0.1, 0.15) is 0 Å². The largest absolute Gasteiger partial charge is 3.00 e. The van der Waals surface area contributed by atoms with E-state index in [0.29, 0.717) is 0 Å². The maximum Gasteiger partial charge on any atom is 3.00 e. The minimum atomic E-state index is 0. The smallest absolute Gasteiger partial charge is 1.00 e. The summed E-state index contributed by atoms with van der Waals surface area (Å²) < 4.78 is 0. The zero-order chi connectivity index (χ0) is 0. The number of hydrogen-bond donors (Lipinski definition) is 0. The average molecular weight is 306 g/mol. The molecule has 0 spiro atoms. The van der Waals surface area contributed by atoms with Gasteiger partial charge in [0.25, 0.3) is 0 Å². The fraction of sp³-hybridized carbons (Fsp3) is 0. The van der Waals surface area contributed by atoms with Crippen molar-refractivity contribution >= 4 is 0 Å². The first-order valence-corrected chi connectivity index (χ1v) is 0. The molecule has 63 valence electrons. The van der Waals surface area contributed by atoms with Gasteiger partial charge in [0.05, 0.1) is 0 Å². The van der Waals surface area contributed by atoms with Crippen molar-refractivity contribution in [2.45, 2.75) is 0 Å². The van der Waals surface area contributed by atoms with Crippen LogP contribution in [0.3, 0.4) is 0 Å². The van der Waals surface area contributed by atoms with E-state index in [-0.39, 0.29) is 83.4 Å². The Balaban J connectivity index is 0. The van der Waals surface area contributed by atoms with Gasteiger partial charge < -0.3 is 45.3 Å². The average Bonchev–Trinajstić information content (AvgIpc) is 0. The van der Waals surface area contributed by atoms with Gasteiger partial charge in [0.15, 0.2) is 0 Å². The Morgan fingerprint density at radius 2 is 0.375 bits per heavy atom. The molecule has 0 fully saturated rings.